The van der Waals surface area contributed by atoms with Crippen LogP contribution >= 0.6 is 0 Å². The summed E-state index contributed by atoms with van der Waals surface area (Å²) in [4.78, 5) is 16.4. The van der Waals surface area contributed by atoms with Gasteiger partial charge in [0.2, 0.25) is 5.89 Å². The van der Waals surface area contributed by atoms with Crippen molar-refractivity contribution in [3.8, 4) is 11.5 Å². The van der Waals surface area contributed by atoms with Gasteiger partial charge in [-0.2, -0.15) is 0 Å². The Labute approximate surface area is 135 Å². The van der Waals surface area contributed by atoms with Gasteiger partial charge >= 0.3 is 6.03 Å². The van der Waals surface area contributed by atoms with E-state index in [9.17, 15) is 4.79 Å². The van der Waals surface area contributed by atoms with E-state index in [2.05, 4.69) is 15.6 Å². The van der Waals surface area contributed by atoms with Crippen molar-refractivity contribution in [1.82, 2.24) is 10.3 Å². The fourth-order valence-corrected chi connectivity index (χ4v) is 2.26. The Morgan fingerprint density at radius 3 is 2.78 bits per heavy atom. The first kappa shape index (κ1) is 17.0. The molecule has 124 valence electrons. The molecule has 0 aliphatic heterocycles. The Balaban J connectivity index is 2.04. The molecule has 1 heterocycles. The van der Waals surface area contributed by atoms with Gasteiger partial charge in [0.15, 0.2) is 0 Å². The van der Waals surface area contributed by atoms with Gasteiger partial charge in [-0.1, -0.05) is 19.9 Å². The molecule has 2 aromatic rings. The molecule has 1 aromatic carbocycles. The Bertz CT molecular complexity index is 652. The monoisotopic (exact) mass is 317 g/mol. The second-order valence-electron chi connectivity index (χ2n) is 5.84. The SMILES string of the molecule is Cc1coc(-c2cccc(NC(=O)NC(CCO)C(C)C)c2)n1. The molecule has 0 saturated carbocycles. The standard InChI is InChI=1S/C17H23N3O3/c1-11(2)15(7-8-21)20-17(22)19-14-6-4-5-13(9-14)16-18-12(3)10-23-16/h4-6,9-11,15,21H,7-8H2,1-3H3,(H2,19,20,22). The zero-order valence-electron chi connectivity index (χ0n) is 13.7. The second kappa shape index (κ2) is 7.78. The molecule has 23 heavy (non-hydrogen) atoms. The van der Waals surface area contributed by atoms with E-state index in [4.69, 9.17) is 9.52 Å². The average molecular weight is 317 g/mol. The molecule has 0 fully saturated rings. The summed E-state index contributed by atoms with van der Waals surface area (Å²) in [5.74, 6) is 0.765. The normalized spacial score (nSPS) is 12.2. The minimum atomic E-state index is -0.294. The topological polar surface area (TPSA) is 87.4 Å². The third-order valence-corrected chi connectivity index (χ3v) is 3.55. The minimum absolute atomic E-state index is 0.0438. The number of amides is 2. The molecule has 6 nitrogen and oxygen atoms in total. The lowest BCUT2D eigenvalue weighted by atomic mass is 10.0. The number of nitrogens with one attached hydrogen (secondary N) is 2. The number of aryl methyl sites for hydroxylation is 1. The van der Waals surface area contributed by atoms with E-state index in [1.54, 1.807) is 18.4 Å². The highest BCUT2D eigenvalue weighted by Crippen LogP contribution is 2.22. The summed E-state index contributed by atoms with van der Waals surface area (Å²) in [6.07, 6.45) is 2.12. The molecule has 1 unspecified atom stereocenters. The van der Waals surface area contributed by atoms with Crippen LogP contribution in [0.4, 0.5) is 10.5 Å². The number of hydrogen-bond donors (Lipinski definition) is 3. The van der Waals surface area contributed by atoms with Crippen LogP contribution in [0.2, 0.25) is 0 Å². The summed E-state index contributed by atoms with van der Waals surface area (Å²) in [6, 6.07) is 6.95. The number of urea groups is 1. The van der Waals surface area contributed by atoms with E-state index in [1.807, 2.05) is 32.9 Å². The van der Waals surface area contributed by atoms with Crippen molar-refractivity contribution in [3.63, 3.8) is 0 Å². The second-order valence-corrected chi connectivity index (χ2v) is 5.84. The molecule has 3 N–H and O–H groups in total. The number of nitrogens with zero attached hydrogens (tertiary/aromatic N) is 1. The van der Waals surface area contributed by atoms with E-state index in [1.165, 1.54) is 0 Å². The van der Waals surface area contributed by atoms with Gasteiger partial charge in [0, 0.05) is 23.9 Å². The maximum absolute atomic E-state index is 12.1. The Hall–Kier alpha value is -2.34. The maximum Gasteiger partial charge on any atom is 0.319 e. The fraction of sp³-hybridized carbons (Fsp3) is 0.412. The Morgan fingerprint density at radius 2 is 2.17 bits per heavy atom. The average Bonchev–Trinajstić information content (AvgIpc) is 2.93. The number of anilines is 1. The number of hydrogen-bond acceptors (Lipinski definition) is 4. The molecular weight excluding hydrogens is 294 g/mol. The molecule has 2 amide bonds. The minimum Gasteiger partial charge on any atom is -0.444 e. The first-order chi connectivity index (χ1) is 11.0. The van der Waals surface area contributed by atoms with Gasteiger partial charge in [-0.05, 0) is 37.5 Å². The number of carbonyl (C=O) groups is 1. The van der Waals surface area contributed by atoms with Crippen molar-refractivity contribution >= 4 is 11.7 Å². The molecule has 0 aliphatic carbocycles. The first-order valence-electron chi connectivity index (χ1n) is 7.70. The summed E-state index contributed by atoms with van der Waals surface area (Å²) >= 11 is 0. The lowest BCUT2D eigenvalue weighted by Gasteiger charge is -2.21. The lowest BCUT2D eigenvalue weighted by molar-refractivity contribution is 0.227. The molecule has 0 radical (unpaired) electrons. The van der Waals surface area contributed by atoms with E-state index in [0.29, 0.717) is 18.0 Å². The first-order valence-corrected chi connectivity index (χ1v) is 7.70. The molecule has 1 aromatic heterocycles. The van der Waals surface area contributed by atoms with Crippen LogP contribution in [0.15, 0.2) is 34.9 Å². The molecule has 0 spiro atoms. The predicted molar refractivity (Wildman–Crippen MR) is 89.2 cm³/mol. The van der Waals surface area contributed by atoms with Crippen molar-refractivity contribution in [3.05, 3.63) is 36.2 Å². The van der Waals surface area contributed by atoms with Gasteiger partial charge in [-0.25, -0.2) is 9.78 Å². The number of oxazole rings is 1. The van der Waals surface area contributed by atoms with Gasteiger partial charge in [0.05, 0.1) is 5.69 Å². The number of benzene rings is 1. The number of carbonyl (C=O) groups excluding carboxylic acids is 1. The number of rotatable bonds is 6. The molecular formula is C17H23N3O3. The van der Waals surface area contributed by atoms with Gasteiger partial charge in [0.1, 0.15) is 6.26 Å². The van der Waals surface area contributed by atoms with Crippen molar-refractivity contribution in [2.75, 3.05) is 11.9 Å². The van der Waals surface area contributed by atoms with Crippen LogP contribution in [-0.2, 0) is 0 Å². The van der Waals surface area contributed by atoms with Crippen molar-refractivity contribution < 1.29 is 14.3 Å². The van der Waals surface area contributed by atoms with E-state index in [-0.39, 0.29) is 24.6 Å². The molecule has 2 rings (SSSR count). The van der Waals surface area contributed by atoms with Crippen molar-refractivity contribution in [2.45, 2.75) is 33.2 Å². The van der Waals surface area contributed by atoms with E-state index in [0.717, 1.165) is 11.3 Å². The molecule has 0 saturated heterocycles. The third kappa shape index (κ3) is 4.82. The van der Waals surface area contributed by atoms with Crippen LogP contribution in [-0.4, -0.2) is 28.8 Å². The summed E-state index contributed by atoms with van der Waals surface area (Å²) in [5, 5.41) is 14.7. The summed E-state index contributed by atoms with van der Waals surface area (Å²) in [7, 11) is 0. The quantitative estimate of drug-likeness (QED) is 0.763. The van der Waals surface area contributed by atoms with Gasteiger partial charge in [0.25, 0.3) is 0 Å². The largest absolute Gasteiger partial charge is 0.444 e. The highest BCUT2D eigenvalue weighted by molar-refractivity contribution is 5.90. The zero-order valence-corrected chi connectivity index (χ0v) is 13.7. The number of aliphatic hydroxyl groups is 1. The van der Waals surface area contributed by atoms with Crippen LogP contribution in [0.3, 0.4) is 0 Å². The number of aliphatic hydroxyl groups excluding tert-OH is 1. The van der Waals surface area contributed by atoms with Crippen LogP contribution in [0.5, 0.6) is 0 Å². The summed E-state index contributed by atoms with van der Waals surface area (Å²) in [5.41, 5.74) is 2.26. The Kier molecular flexibility index (Phi) is 5.76. The number of aromatic nitrogens is 1. The van der Waals surface area contributed by atoms with Crippen LogP contribution < -0.4 is 10.6 Å². The van der Waals surface area contributed by atoms with Gasteiger partial charge in [-0.15, -0.1) is 0 Å². The predicted octanol–water partition coefficient (Wildman–Crippen LogP) is 3.18. The van der Waals surface area contributed by atoms with Crippen LogP contribution in [0.25, 0.3) is 11.5 Å². The molecule has 6 heteroatoms. The van der Waals surface area contributed by atoms with Crippen LogP contribution in [0.1, 0.15) is 26.0 Å². The van der Waals surface area contributed by atoms with Gasteiger partial charge < -0.3 is 20.2 Å². The Morgan fingerprint density at radius 1 is 1.39 bits per heavy atom. The van der Waals surface area contributed by atoms with Crippen LogP contribution in [0, 0.1) is 12.8 Å². The molecule has 0 bridgehead atoms. The van der Waals surface area contributed by atoms with E-state index < -0.39 is 0 Å². The van der Waals surface area contributed by atoms with Crippen molar-refractivity contribution in [1.29, 1.82) is 0 Å². The highest BCUT2D eigenvalue weighted by atomic mass is 16.3. The zero-order chi connectivity index (χ0) is 16.8. The molecule has 1 atom stereocenters. The lowest BCUT2D eigenvalue weighted by Crippen LogP contribution is -2.41. The van der Waals surface area contributed by atoms with Crippen molar-refractivity contribution in [2.24, 2.45) is 5.92 Å². The van der Waals surface area contributed by atoms with Gasteiger partial charge in [-0.3, -0.25) is 0 Å². The summed E-state index contributed by atoms with van der Waals surface area (Å²) < 4.78 is 5.37. The fourth-order valence-electron chi connectivity index (χ4n) is 2.26. The smallest absolute Gasteiger partial charge is 0.319 e. The summed E-state index contributed by atoms with van der Waals surface area (Å²) in [6.45, 7) is 5.91. The molecule has 0 aliphatic rings. The van der Waals surface area contributed by atoms with E-state index >= 15 is 0 Å². The third-order valence-electron chi connectivity index (χ3n) is 3.55. The highest BCUT2D eigenvalue weighted by Gasteiger charge is 2.15. The maximum atomic E-state index is 12.1.